The fourth-order valence-electron chi connectivity index (χ4n) is 0.921. The van der Waals surface area contributed by atoms with Crippen molar-refractivity contribution in [2.45, 2.75) is 0 Å². The summed E-state index contributed by atoms with van der Waals surface area (Å²) in [7, 11) is 0. The Hall–Kier alpha value is -1.82. The summed E-state index contributed by atoms with van der Waals surface area (Å²) in [5.41, 5.74) is 2.57. The molecule has 0 saturated heterocycles. The van der Waals surface area contributed by atoms with Gasteiger partial charge in [0.2, 0.25) is 0 Å². The number of carbonyl (C=O) groups is 1. The van der Waals surface area contributed by atoms with Gasteiger partial charge in [0, 0.05) is 12.4 Å². The zero-order valence-electron chi connectivity index (χ0n) is 6.01. The van der Waals surface area contributed by atoms with Gasteiger partial charge in [0.15, 0.2) is 5.82 Å². The van der Waals surface area contributed by atoms with Crippen LogP contribution in [-0.2, 0) is 0 Å². The second-order valence-electron chi connectivity index (χ2n) is 2.23. The van der Waals surface area contributed by atoms with E-state index in [0.717, 1.165) is 5.01 Å². The summed E-state index contributed by atoms with van der Waals surface area (Å²) in [6, 6.07) is 0. The van der Waals surface area contributed by atoms with E-state index >= 15 is 0 Å². The van der Waals surface area contributed by atoms with Gasteiger partial charge in [0.1, 0.15) is 0 Å². The van der Waals surface area contributed by atoms with Crippen LogP contribution in [-0.4, -0.2) is 27.4 Å². The van der Waals surface area contributed by atoms with Crippen LogP contribution >= 0.6 is 0 Å². The van der Waals surface area contributed by atoms with E-state index in [2.05, 4.69) is 10.5 Å². The fourth-order valence-corrected chi connectivity index (χ4v) is 0.921. The number of nitrogens with one attached hydrogen (secondary N) is 1. The lowest BCUT2D eigenvalue weighted by atomic mass is 10.5. The summed E-state index contributed by atoms with van der Waals surface area (Å²) in [4.78, 5) is 14.4. The van der Waals surface area contributed by atoms with Crippen molar-refractivity contribution in [3.63, 3.8) is 0 Å². The van der Waals surface area contributed by atoms with Crippen LogP contribution in [0, 0.1) is 0 Å². The maximum Gasteiger partial charge on any atom is 0.427 e. The van der Waals surface area contributed by atoms with Gasteiger partial charge in [-0.05, 0) is 6.08 Å². The van der Waals surface area contributed by atoms with Gasteiger partial charge in [-0.1, -0.05) is 0 Å². The highest BCUT2D eigenvalue weighted by Gasteiger charge is 2.23. The lowest BCUT2D eigenvalue weighted by molar-refractivity contribution is 0.121. The molecule has 0 aliphatic carbocycles. The van der Waals surface area contributed by atoms with Gasteiger partial charge in [-0.2, -0.15) is 5.01 Å². The van der Waals surface area contributed by atoms with Crippen molar-refractivity contribution < 1.29 is 9.90 Å². The van der Waals surface area contributed by atoms with Crippen LogP contribution in [0.3, 0.4) is 0 Å². The van der Waals surface area contributed by atoms with Gasteiger partial charge < -0.3 is 5.11 Å². The molecule has 2 heterocycles. The third-order valence-electron chi connectivity index (χ3n) is 1.44. The van der Waals surface area contributed by atoms with E-state index in [0.29, 0.717) is 5.82 Å². The Balaban J connectivity index is 2.23. The molecule has 0 spiro atoms. The first-order valence-electron chi connectivity index (χ1n) is 3.28. The van der Waals surface area contributed by atoms with E-state index in [1.165, 1.54) is 11.2 Å². The van der Waals surface area contributed by atoms with Crippen molar-refractivity contribution >= 4 is 12.3 Å². The standard InChI is InChI=1S/C6H6N4O2/c11-6(12)10-4-5-7-2-1-3-9(5)8-10/h1-4,8H,(H,11,12). The molecule has 62 valence electrons. The first kappa shape index (κ1) is 6.86. The number of nitrogens with zero attached hydrogens (tertiary/aromatic N) is 3. The molecule has 0 aromatic heterocycles. The summed E-state index contributed by atoms with van der Waals surface area (Å²) in [6.07, 6.45) is 5.30. The molecule has 12 heavy (non-hydrogen) atoms. The number of amides is 1. The van der Waals surface area contributed by atoms with Gasteiger partial charge in [-0.15, -0.1) is 5.53 Å². The Bertz CT molecular complexity index is 307. The molecule has 0 unspecified atom stereocenters. The number of fused-ring (bicyclic) bond motifs is 1. The molecule has 6 nitrogen and oxygen atoms in total. The van der Waals surface area contributed by atoms with E-state index < -0.39 is 6.09 Å². The number of hydrogen-bond acceptors (Lipinski definition) is 4. The van der Waals surface area contributed by atoms with Crippen molar-refractivity contribution in [1.82, 2.24) is 15.6 Å². The van der Waals surface area contributed by atoms with Crippen LogP contribution in [0.15, 0.2) is 29.3 Å². The normalized spacial score (nSPS) is 19.5. The van der Waals surface area contributed by atoms with E-state index in [-0.39, 0.29) is 0 Å². The Morgan fingerprint density at radius 1 is 1.67 bits per heavy atom. The SMILES string of the molecule is O=C(O)N1C=C2N=CC=CN2N1. The van der Waals surface area contributed by atoms with Crippen LogP contribution < -0.4 is 5.53 Å². The number of hydrazine groups is 2. The molecular weight excluding hydrogens is 160 g/mol. The third kappa shape index (κ3) is 0.940. The average Bonchev–Trinajstić information content (AvgIpc) is 2.46. The highest BCUT2D eigenvalue weighted by Crippen LogP contribution is 2.14. The van der Waals surface area contributed by atoms with Crippen LogP contribution in [0.5, 0.6) is 0 Å². The average molecular weight is 166 g/mol. The minimum atomic E-state index is -1.07. The van der Waals surface area contributed by atoms with Crippen molar-refractivity contribution in [2.24, 2.45) is 4.99 Å². The lowest BCUT2D eigenvalue weighted by Gasteiger charge is -2.17. The third-order valence-corrected chi connectivity index (χ3v) is 1.44. The Labute approximate surface area is 68.0 Å². The minimum absolute atomic E-state index is 0.555. The molecule has 6 heteroatoms. The maximum atomic E-state index is 10.5. The number of carboxylic acid groups (broad SMARTS) is 1. The van der Waals surface area contributed by atoms with Gasteiger partial charge in [0.05, 0.1) is 6.20 Å². The molecule has 1 amide bonds. The predicted octanol–water partition coefficient (Wildman–Crippen LogP) is 0.0986. The minimum Gasteiger partial charge on any atom is -0.464 e. The molecule has 2 aliphatic rings. The number of rotatable bonds is 0. The molecule has 0 aromatic carbocycles. The molecule has 2 rings (SSSR count). The first-order valence-corrected chi connectivity index (χ1v) is 3.28. The quantitative estimate of drug-likeness (QED) is 0.535. The molecule has 0 fully saturated rings. The summed E-state index contributed by atoms with van der Waals surface area (Å²) < 4.78 is 0. The Morgan fingerprint density at radius 2 is 2.50 bits per heavy atom. The van der Waals surface area contributed by atoms with Crippen molar-refractivity contribution in [2.75, 3.05) is 0 Å². The molecule has 0 radical (unpaired) electrons. The molecule has 2 N–H and O–H groups in total. The van der Waals surface area contributed by atoms with E-state index in [4.69, 9.17) is 5.11 Å². The van der Waals surface area contributed by atoms with Crippen LogP contribution in [0.4, 0.5) is 4.79 Å². The summed E-state index contributed by atoms with van der Waals surface area (Å²) in [5, 5.41) is 11.0. The highest BCUT2D eigenvalue weighted by atomic mass is 16.4. The summed E-state index contributed by atoms with van der Waals surface area (Å²) in [6.45, 7) is 0. The fraction of sp³-hybridized carbons (Fsp3) is 0. The first-order chi connectivity index (χ1) is 5.77. The van der Waals surface area contributed by atoms with E-state index in [1.54, 1.807) is 18.5 Å². The number of allylic oxidation sites excluding steroid dienone is 1. The monoisotopic (exact) mass is 166 g/mol. The summed E-state index contributed by atoms with van der Waals surface area (Å²) >= 11 is 0. The van der Waals surface area contributed by atoms with Crippen LogP contribution in [0.2, 0.25) is 0 Å². The molecule has 2 aliphatic heterocycles. The predicted molar refractivity (Wildman–Crippen MR) is 40.6 cm³/mol. The number of hydrogen-bond donors (Lipinski definition) is 2. The largest absolute Gasteiger partial charge is 0.464 e. The zero-order valence-corrected chi connectivity index (χ0v) is 6.01. The second kappa shape index (κ2) is 2.35. The molecule has 0 atom stereocenters. The Kier molecular flexibility index (Phi) is 1.34. The summed E-state index contributed by atoms with van der Waals surface area (Å²) in [5.74, 6) is 0.555. The topological polar surface area (TPSA) is 68.2 Å². The van der Waals surface area contributed by atoms with Gasteiger partial charge in [0.25, 0.3) is 0 Å². The molecular formula is C6H6N4O2. The van der Waals surface area contributed by atoms with Crippen LogP contribution in [0.25, 0.3) is 0 Å². The zero-order chi connectivity index (χ0) is 8.55. The van der Waals surface area contributed by atoms with Gasteiger partial charge in [-0.25, -0.2) is 14.8 Å². The second-order valence-corrected chi connectivity index (χ2v) is 2.23. The molecule has 0 aromatic rings. The van der Waals surface area contributed by atoms with Crippen molar-refractivity contribution in [1.29, 1.82) is 0 Å². The van der Waals surface area contributed by atoms with E-state index in [9.17, 15) is 4.79 Å². The molecule has 0 saturated carbocycles. The van der Waals surface area contributed by atoms with Crippen molar-refractivity contribution in [3.8, 4) is 0 Å². The number of aliphatic imine (C=N–C) groups is 1. The maximum absolute atomic E-state index is 10.5. The van der Waals surface area contributed by atoms with Gasteiger partial charge in [-0.3, -0.25) is 0 Å². The van der Waals surface area contributed by atoms with E-state index in [1.807, 2.05) is 0 Å². The van der Waals surface area contributed by atoms with Crippen LogP contribution in [0.1, 0.15) is 0 Å². The molecule has 0 bridgehead atoms. The van der Waals surface area contributed by atoms with Crippen molar-refractivity contribution in [3.05, 3.63) is 24.3 Å². The lowest BCUT2D eigenvalue weighted by Crippen LogP contribution is -2.40. The smallest absolute Gasteiger partial charge is 0.427 e. The van der Waals surface area contributed by atoms with Gasteiger partial charge >= 0.3 is 6.09 Å². The highest BCUT2D eigenvalue weighted by molar-refractivity contribution is 5.74. The Morgan fingerprint density at radius 3 is 3.17 bits per heavy atom.